The van der Waals surface area contributed by atoms with Gasteiger partial charge in [0.2, 0.25) is 0 Å². The average molecular weight is 544 g/mol. The topological polar surface area (TPSA) is 19.8 Å². The molecule has 210 valence electrons. The summed E-state index contributed by atoms with van der Waals surface area (Å²) in [5.74, 6) is 0.286. The number of unbranched alkanes of at least 4 members (excludes halogenated alkanes) is 3. The molecule has 1 N–H and O–H groups in total. The van der Waals surface area contributed by atoms with Crippen LogP contribution in [0.25, 0.3) is 11.3 Å². The number of nitrogens with zero attached hydrogens (tertiary/aromatic N) is 2. The molecule has 2 aromatic carbocycles. The maximum atomic E-state index is 3.86. The van der Waals surface area contributed by atoms with Crippen LogP contribution in [0.2, 0.25) is 0 Å². The second-order valence-corrected chi connectivity index (χ2v) is 11.6. The van der Waals surface area contributed by atoms with Gasteiger partial charge in [-0.3, -0.25) is 0 Å². The fourth-order valence-electron chi connectivity index (χ4n) is 5.76. The highest BCUT2D eigenvalue weighted by molar-refractivity contribution is 5.94. The zero-order chi connectivity index (χ0) is 28.6. The molecule has 0 aliphatic heterocycles. The van der Waals surface area contributed by atoms with Crippen LogP contribution in [0, 0.1) is 6.92 Å². The zero-order valence-corrected chi connectivity index (χ0v) is 25.2. The van der Waals surface area contributed by atoms with Gasteiger partial charge >= 0.3 is 0 Å². The maximum absolute atomic E-state index is 3.86. The van der Waals surface area contributed by atoms with E-state index < -0.39 is 0 Å². The van der Waals surface area contributed by atoms with Crippen molar-refractivity contribution in [2.75, 3.05) is 5.32 Å². The Morgan fingerprint density at radius 1 is 0.854 bits per heavy atom. The predicted molar refractivity (Wildman–Crippen MR) is 171 cm³/mol. The van der Waals surface area contributed by atoms with Gasteiger partial charge in [-0.05, 0) is 59.9 Å². The quantitative estimate of drug-likeness (QED) is 0.149. The van der Waals surface area contributed by atoms with Gasteiger partial charge < -0.3 is 5.32 Å². The minimum absolute atomic E-state index is 0.286. The summed E-state index contributed by atoms with van der Waals surface area (Å²) in [6, 6.07) is 26.8. The Hall–Kier alpha value is -3.98. The number of fused-ring (bicyclic) bond motifs is 1. The molecule has 1 atom stereocenters. The van der Waals surface area contributed by atoms with Gasteiger partial charge in [-0.1, -0.05) is 86.9 Å². The highest BCUT2D eigenvalue weighted by Gasteiger charge is 2.24. The molecule has 41 heavy (non-hydrogen) atoms. The monoisotopic (exact) mass is 543 g/mol. The lowest BCUT2D eigenvalue weighted by atomic mass is 9.82. The van der Waals surface area contributed by atoms with Gasteiger partial charge in [-0.2, -0.15) is 0 Å². The van der Waals surface area contributed by atoms with Gasteiger partial charge in [0.05, 0.1) is 5.69 Å². The fraction of sp³-hybridized carbons (Fsp3) is 0.316. The molecule has 2 heterocycles. The molecular weight excluding hydrogens is 498 g/mol. The van der Waals surface area contributed by atoms with Gasteiger partial charge in [-0.15, -0.1) is 0 Å². The summed E-state index contributed by atoms with van der Waals surface area (Å²) in [7, 11) is 2.06. The number of anilines is 1. The van der Waals surface area contributed by atoms with Crippen molar-refractivity contribution in [3.8, 4) is 0 Å². The highest BCUT2D eigenvalue weighted by atomic mass is 14.9. The van der Waals surface area contributed by atoms with Gasteiger partial charge in [0.1, 0.15) is 13.6 Å². The molecule has 2 aromatic heterocycles. The van der Waals surface area contributed by atoms with E-state index in [1.165, 1.54) is 70.3 Å². The molecule has 0 saturated carbocycles. The van der Waals surface area contributed by atoms with Crippen LogP contribution in [0.4, 0.5) is 5.69 Å². The molecule has 1 aliphatic carbocycles. The third-order valence-electron chi connectivity index (χ3n) is 8.30. The van der Waals surface area contributed by atoms with E-state index in [4.69, 9.17) is 0 Å². The van der Waals surface area contributed by atoms with Gasteiger partial charge in [0.15, 0.2) is 24.8 Å². The molecule has 0 amide bonds. The first-order chi connectivity index (χ1) is 20.0. The number of benzene rings is 2. The van der Waals surface area contributed by atoms with Crippen molar-refractivity contribution in [2.24, 2.45) is 7.05 Å². The van der Waals surface area contributed by atoms with Crippen molar-refractivity contribution in [1.29, 1.82) is 0 Å². The lowest BCUT2D eigenvalue weighted by Crippen LogP contribution is -2.32. The Morgan fingerprint density at radius 3 is 2.32 bits per heavy atom. The van der Waals surface area contributed by atoms with Crippen LogP contribution in [0.3, 0.4) is 0 Å². The van der Waals surface area contributed by atoms with Gasteiger partial charge in [0.25, 0.3) is 0 Å². The number of hydrogen-bond donors (Lipinski definition) is 1. The summed E-state index contributed by atoms with van der Waals surface area (Å²) < 4.78 is 4.42. The molecule has 1 aliphatic rings. The third-order valence-corrected chi connectivity index (χ3v) is 8.30. The van der Waals surface area contributed by atoms with Crippen LogP contribution in [0.15, 0.2) is 109 Å². The van der Waals surface area contributed by atoms with Gasteiger partial charge in [0, 0.05) is 41.9 Å². The molecule has 5 rings (SSSR count). The third kappa shape index (κ3) is 7.21. The van der Waals surface area contributed by atoms with Crippen molar-refractivity contribution < 1.29 is 9.13 Å². The molecule has 0 radical (unpaired) electrons. The van der Waals surface area contributed by atoms with Gasteiger partial charge in [-0.25, -0.2) is 9.13 Å². The summed E-state index contributed by atoms with van der Waals surface area (Å²) >= 11 is 0. The second-order valence-electron chi connectivity index (χ2n) is 11.6. The number of nitrogens with one attached hydrogen (secondary N) is 1. The standard InChI is InChI=1S/C38H44N3/c1-5-6-7-10-23-41-26-19-33(20-27-41)37(28-30(3)31-15-13-29(2)14-16-31)36-18-17-32-11-8-9-12-35(32)38(36)39-34-21-24-40(4)25-22-34/h8-9,11-16,19-22,24-28,30H,5-7,10,17-18,23H2,1-4H3/q+1/p+1/b37-28-. The van der Waals surface area contributed by atoms with Crippen molar-refractivity contribution >= 4 is 17.0 Å². The van der Waals surface area contributed by atoms with Crippen LogP contribution in [-0.2, 0) is 20.0 Å². The first-order valence-corrected chi connectivity index (χ1v) is 15.3. The summed E-state index contributed by atoms with van der Waals surface area (Å²) in [6.07, 6.45) is 18.4. The number of aryl methyl sites for hydroxylation is 4. The Kier molecular flexibility index (Phi) is 9.46. The van der Waals surface area contributed by atoms with Crippen molar-refractivity contribution in [1.82, 2.24) is 0 Å². The minimum Gasteiger partial charge on any atom is -0.354 e. The zero-order valence-electron chi connectivity index (χ0n) is 25.2. The van der Waals surface area contributed by atoms with E-state index >= 15 is 0 Å². The van der Waals surface area contributed by atoms with E-state index in [2.05, 4.69) is 146 Å². The number of rotatable bonds is 11. The first kappa shape index (κ1) is 28.5. The smallest absolute Gasteiger partial charge is 0.170 e. The van der Waals surface area contributed by atoms with E-state index in [0.717, 1.165) is 25.1 Å². The normalized spacial score (nSPS) is 14.1. The molecule has 0 saturated heterocycles. The summed E-state index contributed by atoms with van der Waals surface area (Å²) in [4.78, 5) is 0. The fourth-order valence-corrected chi connectivity index (χ4v) is 5.76. The lowest BCUT2D eigenvalue weighted by molar-refractivity contribution is -0.697. The maximum Gasteiger partial charge on any atom is 0.170 e. The minimum atomic E-state index is 0.286. The molecular formula is C38H45N3+2. The van der Waals surface area contributed by atoms with E-state index in [1.54, 1.807) is 0 Å². The van der Waals surface area contributed by atoms with Crippen LogP contribution in [-0.4, -0.2) is 0 Å². The number of allylic oxidation sites excluding steroid dienone is 3. The van der Waals surface area contributed by atoms with Crippen molar-refractivity contribution in [3.63, 3.8) is 0 Å². The van der Waals surface area contributed by atoms with E-state index in [1.807, 2.05) is 0 Å². The average Bonchev–Trinajstić information content (AvgIpc) is 3.00. The van der Waals surface area contributed by atoms with E-state index in [0.29, 0.717) is 0 Å². The highest BCUT2D eigenvalue weighted by Crippen LogP contribution is 2.40. The van der Waals surface area contributed by atoms with E-state index in [9.17, 15) is 0 Å². The molecule has 0 fully saturated rings. The Labute approximate surface area is 246 Å². The van der Waals surface area contributed by atoms with Crippen LogP contribution in [0.1, 0.15) is 79.7 Å². The molecule has 0 spiro atoms. The number of pyridine rings is 2. The molecule has 4 aromatic rings. The second kappa shape index (κ2) is 13.6. The van der Waals surface area contributed by atoms with E-state index in [-0.39, 0.29) is 5.92 Å². The Bertz CT molecular complexity index is 1490. The number of aromatic nitrogens is 2. The molecule has 3 heteroatoms. The number of hydrogen-bond acceptors (Lipinski definition) is 1. The lowest BCUT2D eigenvalue weighted by Gasteiger charge is -2.27. The SMILES string of the molecule is CCCCCC[n+]1ccc(/C(=C/C(C)c2ccc(C)cc2)C2=C(Nc3cc[n+](C)cc3)c3ccccc3CC2)cc1. The Morgan fingerprint density at radius 2 is 1.59 bits per heavy atom. The predicted octanol–water partition coefficient (Wildman–Crippen LogP) is 8.34. The van der Waals surface area contributed by atoms with Crippen LogP contribution < -0.4 is 14.5 Å². The van der Waals surface area contributed by atoms with Crippen LogP contribution >= 0.6 is 0 Å². The molecule has 0 bridgehead atoms. The van der Waals surface area contributed by atoms with Crippen molar-refractivity contribution in [3.05, 3.63) is 137 Å². The molecule has 1 unspecified atom stereocenters. The largest absolute Gasteiger partial charge is 0.354 e. The first-order valence-electron chi connectivity index (χ1n) is 15.3. The Balaban J connectivity index is 1.59. The summed E-state index contributed by atoms with van der Waals surface area (Å²) in [5.41, 5.74) is 11.7. The van der Waals surface area contributed by atoms with Crippen molar-refractivity contribution in [2.45, 2.75) is 71.8 Å². The molecule has 3 nitrogen and oxygen atoms in total. The summed E-state index contributed by atoms with van der Waals surface area (Å²) in [5, 5.41) is 3.86. The van der Waals surface area contributed by atoms with Crippen LogP contribution in [0.5, 0.6) is 0 Å². The summed E-state index contributed by atoms with van der Waals surface area (Å²) in [6.45, 7) is 7.83.